The molecule has 1 aliphatic heterocycles. The van der Waals surface area contributed by atoms with Crippen LogP contribution >= 0.6 is 11.3 Å². The number of nitrogens with zero attached hydrogens (tertiary/aromatic N) is 1. The fraction of sp³-hybridized carbons (Fsp3) is 0.773. The van der Waals surface area contributed by atoms with Crippen molar-refractivity contribution in [1.82, 2.24) is 10.2 Å². The number of rotatable bonds is 5. The molecule has 1 aromatic heterocycles. The van der Waals surface area contributed by atoms with Crippen LogP contribution in [0.15, 0.2) is 17.5 Å². The fourth-order valence-corrected chi connectivity index (χ4v) is 5.44. The summed E-state index contributed by atoms with van der Waals surface area (Å²) in [5, 5.41) is 5.45. The highest BCUT2D eigenvalue weighted by Gasteiger charge is 2.32. The Morgan fingerprint density at radius 2 is 2.00 bits per heavy atom. The topological polar surface area (TPSA) is 32.3 Å². The molecule has 0 bridgehead atoms. The second-order valence-corrected chi connectivity index (χ2v) is 10.5. The Kier molecular flexibility index (Phi) is 6.79. The molecule has 3 rings (SSSR count). The van der Waals surface area contributed by atoms with Crippen LogP contribution < -0.4 is 5.32 Å². The highest BCUT2D eigenvalue weighted by atomic mass is 32.1. The van der Waals surface area contributed by atoms with Gasteiger partial charge in [-0.05, 0) is 73.8 Å². The van der Waals surface area contributed by atoms with Crippen molar-refractivity contribution in [2.45, 2.75) is 65.8 Å². The molecule has 1 unspecified atom stereocenters. The van der Waals surface area contributed by atoms with Gasteiger partial charge in [-0.2, -0.15) is 0 Å². The molecule has 2 heterocycles. The summed E-state index contributed by atoms with van der Waals surface area (Å²) in [7, 11) is 0. The number of thiophene rings is 1. The highest BCUT2D eigenvalue weighted by molar-refractivity contribution is 7.09. The standard InChI is InChI=1S/C22H36N2OS/c1-22(2,3)19-10-8-18(9-11-19)21(25)23-14-17-6-4-12-24(15-17)16-20-7-5-13-26-20/h5,7,13,17-19H,4,6,8-12,14-16H2,1-3H3,(H,23,25). The minimum Gasteiger partial charge on any atom is -0.356 e. The summed E-state index contributed by atoms with van der Waals surface area (Å²) >= 11 is 1.85. The summed E-state index contributed by atoms with van der Waals surface area (Å²) in [5.74, 6) is 1.95. The molecule has 2 aliphatic rings. The second kappa shape index (κ2) is 8.88. The predicted octanol–water partition coefficient (Wildman–Crippen LogP) is 4.93. The maximum Gasteiger partial charge on any atom is 0.223 e. The minimum atomic E-state index is 0.249. The Balaban J connectivity index is 1.39. The number of nitrogens with one attached hydrogen (secondary N) is 1. The zero-order chi connectivity index (χ0) is 18.6. The molecule has 1 N–H and O–H groups in total. The molecule has 0 spiro atoms. The van der Waals surface area contributed by atoms with E-state index in [2.05, 4.69) is 48.5 Å². The van der Waals surface area contributed by atoms with Crippen molar-refractivity contribution >= 4 is 17.2 Å². The zero-order valence-electron chi connectivity index (χ0n) is 16.8. The average molecular weight is 377 g/mol. The van der Waals surface area contributed by atoms with E-state index < -0.39 is 0 Å². The number of likely N-dealkylation sites (tertiary alicyclic amines) is 1. The van der Waals surface area contributed by atoms with Crippen LogP contribution in [0.2, 0.25) is 0 Å². The monoisotopic (exact) mass is 376 g/mol. The van der Waals surface area contributed by atoms with E-state index >= 15 is 0 Å². The summed E-state index contributed by atoms with van der Waals surface area (Å²) in [6, 6.07) is 4.36. The van der Waals surface area contributed by atoms with Crippen LogP contribution in [-0.2, 0) is 11.3 Å². The van der Waals surface area contributed by atoms with Crippen LogP contribution in [0.5, 0.6) is 0 Å². The SMILES string of the molecule is CC(C)(C)C1CCC(C(=O)NCC2CCCN(Cc3cccs3)C2)CC1. The van der Waals surface area contributed by atoms with Crippen molar-refractivity contribution in [2.75, 3.05) is 19.6 Å². The van der Waals surface area contributed by atoms with E-state index in [1.807, 2.05) is 11.3 Å². The van der Waals surface area contributed by atoms with Crippen molar-refractivity contribution in [3.63, 3.8) is 0 Å². The van der Waals surface area contributed by atoms with Gasteiger partial charge in [0.15, 0.2) is 0 Å². The molecular weight excluding hydrogens is 340 g/mol. The summed E-state index contributed by atoms with van der Waals surface area (Å²) < 4.78 is 0. The fourth-order valence-electron chi connectivity index (χ4n) is 4.70. The second-order valence-electron chi connectivity index (χ2n) is 9.48. The number of piperidine rings is 1. The maximum atomic E-state index is 12.6. The Morgan fingerprint density at radius 3 is 2.65 bits per heavy atom. The van der Waals surface area contributed by atoms with Crippen molar-refractivity contribution in [3.05, 3.63) is 22.4 Å². The molecule has 1 saturated carbocycles. The van der Waals surface area contributed by atoms with E-state index in [4.69, 9.17) is 0 Å². The minimum absolute atomic E-state index is 0.249. The van der Waals surface area contributed by atoms with Crippen LogP contribution in [-0.4, -0.2) is 30.4 Å². The van der Waals surface area contributed by atoms with Crippen LogP contribution in [0, 0.1) is 23.2 Å². The quantitative estimate of drug-likeness (QED) is 0.790. The molecule has 146 valence electrons. The third kappa shape index (κ3) is 5.56. The van der Waals surface area contributed by atoms with Gasteiger partial charge >= 0.3 is 0 Å². The lowest BCUT2D eigenvalue weighted by atomic mass is 9.69. The Hall–Kier alpha value is -0.870. The molecule has 0 aromatic carbocycles. The number of hydrogen-bond donors (Lipinski definition) is 1. The van der Waals surface area contributed by atoms with Gasteiger partial charge < -0.3 is 5.32 Å². The van der Waals surface area contributed by atoms with Crippen LogP contribution in [0.25, 0.3) is 0 Å². The van der Waals surface area contributed by atoms with Gasteiger partial charge in [0.25, 0.3) is 0 Å². The number of amides is 1. The molecule has 4 heteroatoms. The molecule has 2 fully saturated rings. The Labute approximate surface area is 163 Å². The van der Waals surface area contributed by atoms with E-state index in [1.165, 1.54) is 37.1 Å². The molecule has 1 saturated heterocycles. The van der Waals surface area contributed by atoms with Gasteiger partial charge in [-0.15, -0.1) is 11.3 Å². The lowest BCUT2D eigenvalue weighted by Gasteiger charge is -2.37. The zero-order valence-corrected chi connectivity index (χ0v) is 17.6. The predicted molar refractivity (Wildman–Crippen MR) is 110 cm³/mol. The van der Waals surface area contributed by atoms with Crippen molar-refractivity contribution < 1.29 is 4.79 Å². The van der Waals surface area contributed by atoms with Gasteiger partial charge in [0, 0.05) is 30.4 Å². The van der Waals surface area contributed by atoms with E-state index in [1.54, 1.807) is 0 Å². The first-order valence-electron chi connectivity index (χ1n) is 10.4. The summed E-state index contributed by atoms with van der Waals surface area (Å²) in [6.45, 7) is 11.3. The maximum absolute atomic E-state index is 12.6. The summed E-state index contributed by atoms with van der Waals surface area (Å²) in [6.07, 6.45) is 7.06. The van der Waals surface area contributed by atoms with E-state index in [0.717, 1.165) is 38.4 Å². The van der Waals surface area contributed by atoms with E-state index in [0.29, 0.717) is 17.2 Å². The normalized spacial score (nSPS) is 28.0. The lowest BCUT2D eigenvalue weighted by molar-refractivity contribution is -0.126. The molecular formula is C22H36N2OS. The number of carbonyl (C=O) groups excluding carboxylic acids is 1. The van der Waals surface area contributed by atoms with Crippen LogP contribution in [0.4, 0.5) is 0 Å². The first kappa shape index (κ1) is 19.9. The van der Waals surface area contributed by atoms with E-state index in [-0.39, 0.29) is 5.92 Å². The van der Waals surface area contributed by atoms with Crippen molar-refractivity contribution in [2.24, 2.45) is 23.2 Å². The number of carbonyl (C=O) groups is 1. The number of hydrogen-bond acceptors (Lipinski definition) is 3. The lowest BCUT2D eigenvalue weighted by Crippen LogP contribution is -2.42. The third-order valence-electron chi connectivity index (χ3n) is 6.45. The van der Waals surface area contributed by atoms with Gasteiger partial charge in [-0.25, -0.2) is 0 Å². The van der Waals surface area contributed by atoms with Crippen LogP contribution in [0.3, 0.4) is 0 Å². The molecule has 1 aromatic rings. The molecule has 1 amide bonds. The van der Waals surface area contributed by atoms with Crippen molar-refractivity contribution in [3.8, 4) is 0 Å². The Bertz CT molecular complexity index is 555. The van der Waals surface area contributed by atoms with Gasteiger partial charge in [-0.1, -0.05) is 26.8 Å². The first-order chi connectivity index (χ1) is 12.4. The molecule has 26 heavy (non-hydrogen) atoms. The summed E-state index contributed by atoms with van der Waals surface area (Å²) in [5.41, 5.74) is 0.384. The van der Waals surface area contributed by atoms with Gasteiger partial charge in [0.2, 0.25) is 5.91 Å². The highest BCUT2D eigenvalue weighted by Crippen LogP contribution is 2.39. The van der Waals surface area contributed by atoms with Crippen molar-refractivity contribution in [1.29, 1.82) is 0 Å². The molecule has 3 nitrogen and oxygen atoms in total. The molecule has 0 radical (unpaired) electrons. The molecule has 1 atom stereocenters. The van der Waals surface area contributed by atoms with Gasteiger partial charge in [0.1, 0.15) is 0 Å². The summed E-state index contributed by atoms with van der Waals surface area (Å²) in [4.78, 5) is 16.6. The Morgan fingerprint density at radius 1 is 1.23 bits per heavy atom. The van der Waals surface area contributed by atoms with Gasteiger partial charge in [-0.3, -0.25) is 9.69 Å². The largest absolute Gasteiger partial charge is 0.356 e. The molecule has 1 aliphatic carbocycles. The van der Waals surface area contributed by atoms with E-state index in [9.17, 15) is 4.79 Å². The average Bonchev–Trinajstić information content (AvgIpc) is 3.12. The first-order valence-corrected chi connectivity index (χ1v) is 11.3. The third-order valence-corrected chi connectivity index (χ3v) is 7.31. The van der Waals surface area contributed by atoms with Crippen LogP contribution in [0.1, 0.15) is 64.2 Å². The van der Waals surface area contributed by atoms with Gasteiger partial charge in [0.05, 0.1) is 0 Å². The smallest absolute Gasteiger partial charge is 0.223 e.